The quantitative estimate of drug-likeness (QED) is 0.774. The molecule has 2 aromatic carbocycles. The zero-order chi connectivity index (χ0) is 19.1. The molecular weight excluding hydrogens is 375 g/mol. The summed E-state index contributed by atoms with van der Waals surface area (Å²) >= 11 is 0. The number of nitrogens with zero attached hydrogens (tertiary/aromatic N) is 1. The molecule has 0 saturated carbocycles. The monoisotopic (exact) mass is 398 g/mol. The maximum absolute atomic E-state index is 14.1. The third-order valence-electron chi connectivity index (χ3n) is 5.74. The molecule has 0 bridgehead atoms. The van der Waals surface area contributed by atoms with Gasteiger partial charge in [-0.2, -0.15) is 0 Å². The van der Waals surface area contributed by atoms with Gasteiger partial charge in [-0.05, 0) is 44.4 Å². The smallest absolute Gasteiger partial charge is 0.414 e. The number of fused-ring (bicyclic) bond motifs is 3. The van der Waals surface area contributed by atoms with Crippen molar-refractivity contribution in [2.45, 2.75) is 37.5 Å². The lowest BCUT2D eigenvalue weighted by Crippen LogP contribution is -2.46. The molecule has 2 fully saturated rings. The Morgan fingerprint density at radius 2 is 1.61 bits per heavy atom. The van der Waals surface area contributed by atoms with Crippen LogP contribution in [0.5, 0.6) is 11.5 Å². The maximum atomic E-state index is 14.1. The van der Waals surface area contributed by atoms with Gasteiger partial charge in [0.25, 0.3) is 0 Å². The molecule has 146 valence electrons. The van der Waals surface area contributed by atoms with E-state index in [-0.39, 0.29) is 11.9 Å². The molecule has 28 heavy (non-hydrogen) atoms. The van der Waals surface area contributed by atoms with E-state index >= 15 is 0 Å². The predicted octanol–water partition coefficient (Wildman–Crippen LogP) is 4.02. The van der Waals surface area contributed by atoms with Crippen LogP contribution in [0.1, 0.15) is 25.7 Å². The van der Waals surface area contributed by atoms with Crippen molar-refractivity contribution >= 4 is 13.5 Å². The summed E-state index contributed by atoms with van der Waals surface area (Å²) in [4.78, 5) is 14.8. The fourth-order valence-corrected chi connectivity index (χ4v) is 6.60. The largest absolute Gasteiger partial charge is 0.453 e. The van der Waals surface area contributed by atoms with Crippen LogP contribution in [0.2, 0.25) is 0 Å². The second-order valence-corrected chi connectivity index (χ2v) is 9.56. The Kier molecular flexibility index (Phi) is 4.41. The highest BCUT2D eigenvalue weighted by Gasteiger charge is 2.50. The van der Waals surface area contributed by atoms with Crippen molar-refractivity contribution in [3.8, 4) is 22.6 Å². The minimum atomic E-state index is -3.64. The van der Waals surface area contributed by atoms with Gasteiger partial charge in [-0.15, -0.1) is 0 Å². The fraction of sp³-hybridized carbons (Fsp3) is 0.381. The molecule has 0 spiro atoms. The molecule has 2 saturated heterocycles. The summed E-state index contributed by atoms with van der Waals surface area (Å²) in [6, 6.07) is 14.9. The van der Waals surface area contributed by atoms with E-state index in [1.807, 2.05) is 48.5 Å². The zero-order valence-electron chi connectivity index (χ0n) is 15.5. The number of likely N-dealkylation sites (tertiary alicyclic amines) is 1. The summed E-state index contributed by atoms with van der Waals surface area (Å²) in [5, 5.41) is 3.25. The molecule has 1 amide bonds. The first kappa shape index (κ1) is 17.8. The third-order valence-corrected chi connectivity index (χ3v) is 7.91. The molecular formula is C21H23N2O4P. The number of hydrogen-bond donors (Lipinski definition) is 1. The maximum Gasteiger partial charge on any atom is 0.453 e. The first-order chi connectivity index (χ1) is 13.7. The van der Waals surface area contributed by atoms with E-state index in [1.54, 1.807) is 4.90 Å². The van der Waals surface area contributed by atoms with Crippen molar-refractivity contribution in [1.29, 1.82) is 0 Å². The van der Waals surface area contributed by atoms with Gasteiger partial charge in [0.05, 0.1) is 6.04 Å². The molecule has 2 aromatic rings. The summed E-state index contributed by atoms with van der Waals surface area (Å²) in [6.45, 7) is 1.43. The topological polar surface area (TPSA) is 67.9 Å². The van der Waals surface area contributed by atoms with Crippen molar-refractivity contribution in [3.05, 3.63) is 48.5 Å². The van der Waals surface area contributed by atoms with Crippen LogP contribution in [0.4, 0.5) is 0 Å². The van der Waals surface area contributed by atoms with Crippen LogP contribution < -0.4 is 14.4 Å². The van der Waals surface area contributed by atoms with Crippen molar-refractivity contribution in [1.82, 2.24) is 10.2 Å². The van der Waals surface area contributed by atoms with Gasteiger partial charge in [0.2, 0.25) is 5.91 Å². The SMILES string of the molecule is O=C(C1CCCN1)N1CCCC1P1(=O)Oc2ccccc2-c2ccccc2O1. The molecule has 0 aliphatic carbocycles. The van der Waals surface area contributed by atoms with Crippen molar-refractivity contribution in [2.24, 2.45) is 0 Å². The van der Waals surface area contributed by atoms with Gasteiger partial charge in [-0.25, -0.2) is 4.57 Å². The Bertz CT molecular complexity index is 905. The second-order valence-electron chi connectivity index (χ2n) is 7.52. The summed E-state index contributed by atoms with van der Waals surface area (Å²) in [7, 11) is -3.64. The molecule has 3 heterocycles. The van der Waals surface area contributed by atoms with Gasteiger partial charge < -0.3 is 19.3 Å². The molecule has 2 atom stereocenters. The number of rotatable bonds is 2. The Balaban J connectivity index is 1.54. The molecule has 1 N–H and O–H groups in total. The lowest BCUT2D eigenvalue weighted by molar-refractivity contribution is -0.132. The number of para-hydroxylation sites is 2. The number of benzene rings is 2. The fourth-order valence-electron chi connectivity index (χ4n) is 4.38. The number of nitrogens with one attached hydrogen (secondary N) is 1. The summed E-state index contributed by atoms with van der Waals surface area (Å²) in [5.41, 5.74) is 1.70. The van der Waals surface area contributed by atoms with E-state index < -0.39 is 13.4 Å². The Morgan fingerprint density at radius 1 is 0.964 bits per heavy atom. The van der Waals surface area contributed by atoms with Crippen molar-refractivity contribution in [3.63, 3.8) is 0 Å². The average Bonchev–Trinajstić information content (AvgIpc) is 3.39. The average molecular weight is 398 g/mol. The molecule has 0 aromatic heterocycles. The van der Waals surface area contributed by atoms with E-state index in [0.29, 0.717) is 24.5 Å². The number of amides is 1. The van der Waals surface area contributed by atoms with Gasteiger partial charge in [0.1, 0.15) is 11.5 Å². The highest BCUT2D eigenvalue weighted by atomic mass is 31.2. The van der Waals surface area contributed by atoms with Crippen LogP contribution in [0, 0.1) is 0 Å². The third kappa shape index (κ3) is 2.92. The van der Waals surface area contributed by atoms with Crippen LogP contribution in [-0.4, -0.2) is 35.7 Å². The van der Waals surface area contributed by atoms with Gasteiger partial charge in [-0.1, -0.05) is 36.4 Å². The number of hydrogen-bond acceptors (Lipinski definition) is 5. The number of carbonyl (C=O) groups excluding carboxylic acids is 1. The highest BCUT2D eigenvalue weighted by molar-refractivity contribution is 7.55. The lowest BCUT2D eigenvalue weighted by Gasteiger charge is -2.31. The molecule has 6 nitrogen and oxygen atoms in total. The van der Waals surface area contributed by atoms with Crippen LogP contribution in [0.25, 0.3) is 11.1 Å². The molecule has 3 aliphatic heterocycles. The molecule has 7 heteroatoms. The van der Waals surface area contributed by atoms with Crippen molar-refractivity contribution < 1.29 is 18.4 Å². The lowest BCUT2D eigenvalue weighted by atomic mass is 10.0. The minimum absolute atomic E-state index is 0.00763. The van der Waals surface area contributed by atoms with Gasteiger partial charge in [0.15, 0.2) is 5.78 Å². The van der Waals surface area contributed by atoms with Crippen LogP contribution in [0.3, 0.4) is 0 Å². The zero-order valence-corrected chi connectivity index (χ0v) is 16.4. The van der Waals surface area contributed by atoms with Crippen molar-refractivity contribution in [2.75, 3.05) is 13.1 Å². The summed E-state index contributed by atoms with van der Waals surface area (Å²) < 4.78 is 26.2. The summed E-state index contributed by atoms with van der Waals surface area (Å²) in [5.74, 6) is 0.512. The van der Waals surface area contributed by atoms with E-state index in [9.17, 15) is 9.36 Å². The molecule has 2 unspecified atom stereocenters. The van der Waals surface area contributed by atoms with Crippen LogP contribution in [-0.2, 0) is 9.36 Å². The van der Waals surface area contributed by atoms with Crippen LogP contribution in [0.15, 0.2) is 48.5 Å². The standard InChI is InChI=1S/C21H23N2O4P/c24-21(17-9-5-13-22-17)23-14-6-12-20(23)28(25)26-18-10-3-1-7-15(18)16-8-2-4-11-19(16)27-28/h1-4,7-8,10-11,17,20,22H,5-6,9,12-14H2. The van der Waals surface area contributed by atoms with E-state index in [1.165, 1.54) is 0 Å². The highest BCUT2D eigenvalue weighted by Crippen LogP contribution is 2.61. The van der Waals surface area contributed by atoms with E-state index in [0.717, 1.165) is 36.9 Å². The Hall–Kier alpha value is -2.30. The minimum Gasteiger partial charge on any atom is -0.414 e. The molecule has 5 rings (SSSR count). The molecule has 0 radical (unpaired) electrons. The van der Waals surface area contributed by atoms with Gasteiger partial charge >= 0.3 is 7.60 Å². The first-order valence-corrected chi connectivity index (χ1v) is 11.5. The predicted molar refractivity (Wildman–Crippen MR) is 107 cm³/mol. The van der Waals surface area contributed by atoms with Gasteiger partial charge in [0, 0.05) is 17.7 Å². The number of carbonyl (C=O) groups is 1. The second kappa shape index (κ2) is 6.94. The Labute approximate surface area is 164 Å². The van der Waals surface area contributed by atoms with Crippen LogP contribution >= 0.6 is 7.60 Å². The normalized spacial score (nSPS) is 25.2. The van der Waals surface area contributed by atoms with E-state index in [2.05, 4.69) is 5.32 Å². The summed E-state index contributed by atoms with van der Waals surface area (Å²) in [6.07, 6.45) is 3.21. The first-order valence-electron chi connectivity index (χ1n) is 9.87. The van der Waals surface area contributed by atoms with Gasteiger partial charge in [-0.3, -0.25) is 4.79 Å². The van der Waals surface area contributed by atoms with E-state index in [4.69, 9.17) is 9.05 Å². The molecule has 3 aliphatic rings. The Morgan fingerprint density at radius 3 is 2.21 bits per heavy atom.